The van der Waals surface area contributed by atoms with E-state index in [2.05, 4.69) is 50.0 Å². The molecule has 2 rings (SSSR count). The standard InChI is InChI=1S/C15H18BrFN4/c1-4-18-15-13(16)12(7-9(2)3)20-14(21-15)11-6-5-10(17)8-19-11/h5-6,8-9H,4,7H2,1-3H3,(H,18,20,21). The van der Waals surface area contributed by atoms with Gasteiger partial charge in [-0.05, 0) is 47.3 Å². The molecule has 1 N–H and O–H groups in total. The summed E-state index contributed by atoms with van der Waals surface area (Å²) in [4.78, 5) is 13.1. The maximum absolute atomic E-state index is 13.0. The number of nitrogens with one attached hydrogen (secondary N) is 1. The van der Waals surface area contributed by atoms with E-state index in [4.69, 9.17) is 0 Å². The van der Waals surface area contributed by atoms with Gasteiger partial charge < -0.3 is 5.32 Å². The molecule has 6 heteroatoms. The molecule has 0 unspecified atom stereocenters. The van der Waals surface area contributed by atoms with Gasteiger partial charge in [-0.1, -0.05) is 13.8 Å². The Bertz CT molecular complexity index is 614. The van der Waals surface area contributed by atoms with Gasteiger partial charge in [-0.2, -0.15) is 0 Å². The van der Waals surface area contributed by atoms with Crippen LogP contribution in [0.15, 0.2) is 22.8 Å². The third-order valence-corrected chi connectivity index (χ3v) is 3.66. The molecule has 0 aliphatic carbocycles. The molecule has 21 heavy (non-hydrogen) atoms. The monoisotopic (exact) mass is 352 g/mol. The largest absolute Gasteiger partial charge is 0.369 e. The van der Waals surface area contributed by atoms with E-state index in [0.29, 0.717) is 17.4 Å². The number of hydrogen-bond acceptors (Lipinski definition) is 4. The molecule has 0 aliphatic heterocycles. The lowest BCUT2D eigenvalue weighted by atomic mass is 10.1. The summed E-state index contributed by atoms with van der Waals surface area (Å²) in [5.74, 6) is 1.35. The molecule has 2 aromatic rings. The number of halogens is 2. The Balaban J connectivity index is 2.49. The second-order valence-electron chi connectivity index (χ2n) is 5.15. The topological polar surface area (TPSA) is 50.7 Å². The normalized spacial score (nSPS) is 11.0. The SMILES string of the molecule is CCNc1nc(-c2ccc(F)cn2)nc(CC(C)C)c1Br. The van der Waals surface area contributed by atoms with Crippen LogP contribution in [0.2, 0.25) is 0 Å². The van der Waals surface area contributed by atoms with Gasteiger partial charge in [0.2, 0.25) is 0 Å². The highest BCUT2D eigenvalue weighted by Crippen LogP contribution is 2.28. The van der Waals surface area contributed by atoms with Crippen molar-refractivity contribution in [2.24, 2.45) is 5.92 Å². The van der Waals surface area contributed by atoms with Crippen molar-refractivity contribution in [1.82, 2.24) is 15.0 Å². The van der Waals surface area contributed by atoms with Crippen molar-refractivity contribution in [3.8, 4) is 11.5 Å². The highest BCUT2D eigenvalue weighted by Gasteiger charge is 2.15. The molecule has 0 bridgehead atoms. The van der Waals surface area contributed by atoms with Crippen LogP contribution in [0.5, 0.6) is 0 Å². The fourth-order valence-electron chi connectivity index (χ4n) is 1.92. The van der Waals surface area contributed by atoms with E-state index in [-0.39, 0.29) is 5.82 Å². The van der Waals surface area contributed by atoms with Crippen LogP contribution in [-0.2, 0) is 6.42 Å². The summed E-state index contributed by atoms with van der Waals surface area (Å²) in [5, 5.41) is 3.21. The highest BCUT2D eigenvalue weighted by atomic mass is 79.9. The molecule has 0 spiro atoms. The first kappa shape index (κ1) is 15.8. The quantitative estimate of drug-likeness (QED) is 0.880. The lowest BCUT2D eigenvalue weighted by molar-refractivity contribution is 0.621. The molecule has 112 valence electrons. The van der Waals surface area contributed by atoms with Crippen molar-refractivity contribution < 1.29 is 4.39 Å². The average Bonchev–Trinajstić information content (AvgIpc) is 2.43. The Morgan fingerprint density at radius 2 is 2.05 bits per heavy atom. The zero-order chi connectivity index (χ0) is 15.4. The number of aromatic nitrogens is 3. The summed E-state index contributed by atoms with van der Waals surface area (Å²) < 4.78 is 13.9. The van der Waals surface area contributed by atoms with E-state index in [9.17, 15) is 4.39 Å². The van der Waals surface area contributed by atoms with E-state index < -0.39 is 0 Å². The lowest BCUT2D eigenvalue weighted by Gasteiger charge is -2.13. The molecule has 0 saturated heterocycles. The molecule has 0 aliphatic rings. The third-order valence-electron chi connectivity index (χ3n) is 2.82. The van der Waals surface area contributed by atoms with E-state index in [1.165, 1.54) is 12.3 Å². The van der Waals surface area contributed by atoms with Gasteiger partial charge in [0.25, 0.3) is 0 Å². The van der Waals surface area contributed by atoms with E-state index >= 15 is 0 Å². The maximum Gasteiger partial charge on any atom is 0.180 e. The summed E-state index contributed by atoms with van der Waals surface area (Å²) in [6, 6.07) is 2.95. The zero-order valence-corrected chi connectivity index (χ0v) is 13.9. The number of rotatable bonds is 5. The predicted molar refractivity (Wildman–Crippen MR) is 85.6 cm³/mol. The minimum absolute atomic E-state index is 0.370. The van der Waals surface area contributed by atoms with Crippen molar-refractivity contribution in [2.75, 3.05) is 11.9 Å². The van der Waals surface area contributed by atoms with Crippen LogP contribution in [0.4, 0.5) is 10.2 Å². The van der Waals surface area contributed by atoms with Crippen LogP contribution in [-0.4, -0.2) is 21.5 Å². The van der Waals surface area contributed by atoms with Gasteiger partial charge in [0.1, 0.15) is 17.3 Å². The van der Waals surface area contributed by atoms with Gasteiger partial charge >= 0.3 is 0 Å². The molecule has 2 heterocycles. The third kappa shape index (κ3) is 3.97. The van der Waals surface area contributed by atoms with Crippen molar-refractivity contribution in [3.05, 3.63) is 34.3 Å². The molecule has 0 atom stereocenters. The fourth-order valence-corrected chi connectivity index (χ4v) is 2.40. The van der Waals surface area contributed by atoms with Gasteiger partial charge in [-0.15, -0.1) is 0 Å². The Kier molecular flexibility index (Phi) is 5.22. The second kappa shape index (κ2) is 6.93. The Hall–Kier alpha value is -1.56. The first-order chi connectivity index (χ1) is 10.0. The van der Waals surface area contributed by atoms with Crippen LogP contribution < -0.4 is 5.32 Å². The lowest BCUT2D eigenvalue weighted by Crippen LogP contribution is -2.08. The van der Waals surface area contributed by atoms with Crippen LogP contribution in [0.3, 0.4) is 0 Å². The average molecular weight is 353 g/mol. The van der Waals surface area contributed by atoms with Crippen LogP contribution in [0.1, 0.15) is 26.5 Å². The van der Waals surface area contributed by atoms with Gasteiger partial charge in [0.05, 0.1) is 16.4 Å². The van der Waals surface area contributed by atoms with Crippen molar-refractivity contribution >= 4 is 21.7 Å². The first-order valence-corrected chi connectivity index (χ1v) is 7.72. The second-order valence-corrected chi connectivity index (χ2v) is 5.94. The summed E-state index contributed by atoms with van der Waals surface area (Å²) in [6.45, 7) is 7.04. The molecule has 0 amide bonds. The van der Waals surface area contributed by atoms with Gasteiger partial charge in [0, 0.05) is 6.54 Å². The number of hydrogen-bond donors (Lipinski definition) is 1. The molecule has 0 aromatic carbocycles. The number of anilines is 1. The zero-order valence-electron chi connectivity index (χ0n) is 12.3. The van der Waals surface area contributed by atoms with Crippen LogP contribution >= 0.6 is 15.9 Å². The molecule has 0 radical (unpaired) electrons. The Labute approximate surface area is 132 Å². The predicted octanol–water partition coefficient (Wildman–Crippen LogP) is 4.07. The van der Waals surface area contributed by atoms with E-state index in [1.807, 2.05) is 6.92 Å². The Morgan fingerprint density at radius 3 is 2.62 bits per heavy atom. The van der Waals surface area contributed by atoms with Crippen molar-refractivity contribution in [1.29, 1.82) is 0 Å². The number of pyridine rings is 1. The smallest absolute Gasteiger partial charge is 0.180 e. The number of nitrogens with zero attached hydrogens (tertiary/aromatic N) is 3. The van der Waals surface area contributed by atoms with Gasteiger partial charge in [-0.25, -0.2) is 19.3 Å². The molecule has 2 aromatic heterocycles. The minimum atomic E-state index is -0.370. The molecular weight excluding hydrogens is 335 g/mol. The Morgan fingerprint density at radius 1 is 1.29 bits per heavy atom. The fraction of sp³-hybridized carbons (Fsp3) is 0.400. The van der Waals surface area contributed by atoms with Gasteiger partial charge in [-0.3, -0.25) is 0 Å². The van der Waals surface area contributed by atoms with E-state index in [0.717, 1.165) is 29.0 Å². The molecule has 0 fully saturated rings. The van der Waals surface area contributed by atoms with Crippen molar-refractivity contribution in [2.45, 2.75) is 27.2 Å². The van der Waals surface area contributed by atoms with Crippen LogP contribution in [0.25, 0.3) is 11.5 Å². The molecular formula is C15H18BrFN4. The highest BCUT2D eigenvalue weighted by molar-refractivity contribution is 9.10. The molecule has 0 saturated carbocycles. The van der Waals surface area contributed by atoms with Crippen LogP contribution in [0, 0.1) is 11.7 Å². The summed E-state index contributed by atoms with van der Waals surface area (Å²) in [5.41, 5.74) is 1.49. The van der Waals surface area contributed by atoms with E-state index in [1.54, 1.807) is 6.07 Å². The van der Waals surface area contributed by atoms with Gasteiger partial charge in [0.15, 0.2) is 5.82 Å². The summed E-state index contributed by atoms with van der Waals surface area (Å²) >= 11 is 3.56. The minimum Gasteiger partial charge on any atom is -0.369 e. The maximum atomic E-state index is 13.0. The first-order valence-electron chi connectivity index (χ1n) is 6.93. The molecule has 4 nitrogen and oxygen atoms in total. The van der Waals surface area contributed by atoms with Crippen molar-refractivity contribution in [3.63, 3.8) is 0 Å². The summed E-state index contributed by atoms with van der Waals surface area (Å²) in [6.07, 6.45) is 2.01. The summed E-state index contributed by atoms with van der Waals surface area (Å²) in [7, 11) is 0.